The maximum absolute atomic E-state index is 13.1. The molecule has 1 saturated heterocycles. The van der Waals surface area contributed by atoms with Crippen molar-refractivity contribution in [1.29, 1.82) is 0 Å². The van der Waals surface area contributed by atoms with Crippen LogP contribution in [0.1, 0.15) is 23.3 Å². The van der Waals surface area contributed by atoms with E-state index < -0.39 is 0 Å². The largest absolute Gasteiger partial charge is 0.381 e. The molecule has 1 aromatic carbocycles. The summed E-state index contributed by atoms with van der Waals surface area (Å²) in [6, 6.07) is 6.22. The number of hydrogen-bond donors (Lipinski definition) is 0. The molecule has 3 heterocycles. The van der Waals surface area contributed by atoms with Crippen LogP contribution in [0.2, 0.25) is 0 Å². The molecule has 0 saturated carbocycles. The molecule has 0 bridgehead atoms. The normalized spacial score (nSPS) is 15.5. The number of hydrogen-bond acceptors (Lipinski definition) is 4. The molecule has 1 amide bonds. The minimum absolute atomic E-state index is 0.00852. The molecule has 0 spiro atoms. The van der Waals surface area contributed by atoms with Gasteiger partial charge in [-0.25, -0.2) is 9.37 Å². The standard InChI is InChI=1S/C19H20FN3O2S/c1-22(10-13-6-8-25-9-7-13)18(24)17-12-26-19-21-16(11-23(17)19)14-2-4-15(20)5-3-14/h2-5,11-13H,6-10H2,1H3. The van der Waals surface area contributed by atoms with Crippen LogP contribution in [0, 0.1) is 11.7 Å². The van der Waals surface area contributed by atoms with Crippen molar-refractivity contribution < 1.29 is 13.9 Å². The molecule has 0 radical (unpaired) electrons. The minimum Gasteiger partial charge on any atom is -0.381 e. The molecule has 0 unspecified atom stereocenters. The molecule has 7 heteroatoms. The average Bonchev–Trinajstić information content (AvgIpc) is 3.23. The van der Waals surface area contributed by atoms with Gasteiger partial charge in [-0.2, -0.15) is 0 Å². The highest BCUT2D eigenvalue weighted by molar-refractivity contribution is 7.15. The third-order valence-electron chi connectivity index (χ3n) is 4.79. The second kappa shape index (κ2) is 7.17. The summed E-state index contributed by atoms with van der Waals surface area (Å²) in [6.45, 7) is 2.29. The van der Waals surface area contributed by atoms with E-state index in [9.17, 15) is 9.18 Å². The Bertz CT molecular complexity index is 913. The van der Waals surface area contributed by atoms with Crippen molar-refractivity contribution in [2.75, 3.05) is 26.8 Å². The number of benzene rings is 1. The molecule has 4 rings (SSSR count). The molecule has 0 atom stereocenters. The Morgan fingerprint density at radius 1 is 1.35 bits per heavy atom. The number of amides is 1. The maximum atomic E-state index is 13.1. The zero-order valence-electron chi connectivity index (χ0n) is 14.5. The second-order valence-electron chi connectivity index (χ2n) is 6.65. The second-order valence-corrected chi connectivity index (χ2v) is 7.48. The van der Waals surface area contributed by atoms with E-state index in [2.05, 4.69) is 4.98 Å². The SMILES string of the molecule is CN(CC1CCOCC1)C(=O)c1csc2nc(-c3ccc(F)cc3)cn12. The van der Waals surface area contributed by atoms with Gasteiger partial charge in [0.1, 0.15) is 11.5 Å². The summed E-state index contributed by atoms with van der Waals surface area (Å²) < 4.78 is 20.3. The van der Waals surface area contributed by atoms with Crippen LogP contribution < -0.4 is 0 Å². The van der Waals surface area contributed by atoms with E-state index >= 15 is 0 Å². The van der Waals surface area contributed by atoms with Crippen molar-refractivity contribution in [3.05, 3.63) is 47.4 Å². The third-order valence-corrected chi connectivity index (χ3v) is 5.63. The van der Waals surface area contributed by atoms with E-state index in [1.165, 1.54) is 23.5 Å². The van der Waals surface area contributed by atoms with Gasteiger partial charge in [-0.05, 0) is 43.0 Å². The summed E-state index contributed by atoms with van der Waals surface area (Å²) in [7, 11) is 1.85. The van der Waals surface area contributed by atoms with Crippen LogP contribution in [0.15, 0.2) is 35.8 Å². The number of carbonyl (C=O) groups excluding carboxylic acids is 1. The van der Waals surface area contributed by atoms with Gasteiger partial charge in [0.2, 0.25) is 0 Å². The van der Waals surface area contributed by atoms with Crippen molar-refractivity contribution in [1.82, 2.24) is 14.3 Å². The van der Waals surface area contributed by atoms with Crippen molar-refractivity contribution >= 4 is 22.2 Å². The Kier molecular flexibility index (Phi) is 4.74. The molecule has 1 aliphatic heterocycles. The van der Waals surface area contributed by atoms with Crippen LogP contribution >= 0.6 is 11.3 Å². The number of ether oxygens (including phenoxy) is 1. The van der Waals surface area contributed by atoms with Gasteiger partial charge in [0, 0.05) is 43.9 Å². The van der Waals surface area contributed by atoms with E-state index in [0.717, 1.165) is 48.8 Å². The number of imidazole rings is 1. The summed E-state index contributed by atoms with van der Waals surface area (Å²) in [5.74, 6) is 0.204. The molecule has 2 aromatic heterocycles. The quantitative estimate of drug-likeness (QED) is 0.701. The summed E-state index contributed by atoms with van der Waals surface area (Å²) in [4.78, 5) is 20.0. The predicted octanol–water partition coefficient (Wildman–Crippen LogP) is 3.70. The zero-order chi connectivity index (χ0) is 18.1. The van der Waals surface area contributed by atoms with Gasteiger partial charge in [0.05, 0.1) is 5.69 Å². The van der Waals surface area contributed by atoms with Gasteiger partial charge >= 0.3 is 0 Å². The van der Waals surface area contributed by atoms with Crippen LogP contribution in [0.3, 0.4) is 0 Å². The predicted molar refractivity (Wildman–Crippen MR) is 99.0 cm³/mol. The van der Waals surface area contributed by atoms with Crippen LogP contribution in [0.4, 0.5) is 4.39 Å². The first-order valence-electron chi connectivity index (χ1n) is 8.67. The number of fused-ring (bicyclic) bond motifs is 1. The molecule has 26 heavy (non-hydrogen) atoms. The first kappa shape index (κ1) is 17.2. The molecule has 0 N–H and O–H groups in total. The number of halogens is 1. The van der Waals surface area contributed by atoms with Crippen molar-refractivity contribution in [3.8, 4) is 11.3 Å². The van der Waals surface area contributed by atoms with Crippen molar-refractivity contribution in [2.24, 2.45) is 5.92 Å². The fourth-order valence-corrected chi connectivity index (χ4v) is 4.14. The molecular weight excluding hydrogens is 353 g/mol. The van der Waals surface area contributed by atoms with Crippen molar-refractivity contribution in [2.45, 2.75) is 12.8 Å². The number of nitrogens with zero attached hydrogens (tertiary/aromatic N) is 3. The van der Waals surface area contributed by atoms with Crippen LogP contribution in [0.25, 0.3) is 16.2 Å². The Hall–Kier alpha value is -2.25. The van der Waals surface area contributed by atoms with Gasteiger partial charge in [-0.3, -0.25) is 9.20 Å². The lowest BCUT2D eigenvalue weighted by Crippen LogP contribution is -2.34. The lowest BCUT2D eigenvalue weighted by molar-refractivity contribution is 0.0495. The van der Waals surface area contributed by atoms with E-state index in [4.69, 9.17) is 4.74 Å². The van der Waals surface area contributed by atoms with E-state index in [-0.39, 0.29) is 11.7 Å². The summed E-state index contributed by atoms with van der Waals surface area (Å²) in [5, 5.41) is 1.85. The highest BCUT2D eigenvalue weighted by atomic mass is 32.1. The van der Waals surface area contributed by atoms with Crippen molar-refractivity contribution in [3.63, 3.8) is 0 Å². The first-order chi connectivity index (χ1) is 12.6. The molecule has 0 aliphatic carbocycles. The highest BCUT2D eigenvalue weighted by Crippen LogP contribution is 2.25. The minimum atomic E-state index is -0.277. The average molecular weight is 373 g/mol. The van der Waals surface area contributed by atoms with Gasteiger partial charge in [0.25, 0.3) is 5.91 Å². The Balaban J connectivity index is 1.56. The number of carbonyl (C=O) groups is 1. The summed E-state index contributed by atoms with van der Waals surface area (Å²) in [6.07, 6.45) is 3.83. The maximum Gasteiger partial charge on any atom is 0.271 e. The molecule has 1 aliphatic rings. The Morgan fingerprint density at radius 3 is 2.81 bits per heavy atom. The smallest absolute Gasteiger partial charge is 0.271 e. The Morgan fingerprint density at radius 2 is 2.08 bits per heavy atom. The summed E-state index contributed by atoms with van der Waals surface area (Å²) in [5.41, 5.74) is 2.18. The van der Waals surface area contributed by atoms with Crippen LogP contribution in [-0.4, -0.2) is 47.0 Å². The highest BCUT2D eigenvalue weighted by Gasteiger charge is 2.22. The van der Waals surface area contributed by atoms with Gasteiger partial charge in [-0.1, -0.05) is 0 Å². The van der Waals surface area contributed by atoms with E-state index in [0.29, 0.717) is 11.6 Å². The van der Waals surface area contributed by atoms with Gasteiger partial charge in [-0.15, -0.1) is 11.3 Å². The Labute approximate surface area is 155 Å². The first-order valence-corrected chi connectivity index (χ1v) is 9.55. The lowest BCUT2D eigenvalue weighted by atomic mass is 10.00. The number of aromatic nitrogens is 2. The summed E-state index contributed by atoms with van der Waals surface area (Å²) >= 11 is 1.43. The molecule has 5 nitrogen and oxygen atoms in total. The molecular formula is C19H20FN3O2S. The fourth-order valence-electron chi connectivity index (χ4n) is 3.29. The van der Waals surface area contributed by atoms with Gasteiger partial charge < -0.3 is 9.64 Å². The lowest BCUT2D eigenvalue weighted by Gasteiger charge is -2.27. The van der Waals surface area contributed by atoms with Crippen LogP contribution in [0.5, 0.6) is 0 Å². The zero-order valence-corrected chi connectivity index (χ0v) is 15.3. The van der Waals surface area contributed by atoms with Gasteiger partial charge in [0.15, 0.2) is 4.96 Å². The fraction of sp³-hybridized carbons (Fsp3) is 0.368. The monoisotopic (exact) mass is 373 g/mol. The van der Waals surface area contributed by atoms with E-state index in [1.807, 2.05) is 23.0 Å². The third kappa shape index (κ3) is 3.37. The molecule has 1 fully saturated rings. The number of thiazole rings is 1. The molecule has 136 valence electrons. The number of rotatable bonds is 4. The molecule has 3 aromatic rings. The topological polar surface area (TPSA) is 46.8 Å². The van der Waals surface area contributed by atoms with E-state index in [1.54, 1.807) is 17.0 Å². The van der Waals surface area contributed by atoms with Crippen LogP contribution in [-0.2, 0) is 4.74 Å².